The summed E-state index contributed by atoms with van der Waals surface area (Å²) in [7, 11) is -1.46. The lowest BCUT2D eigenvalue weighted by Crippen LogP contribution is -2.36. The first-order chi connectivity index (χ1) is 7.41. The first kappa shape index (κ1) is 12.8. The van der Waals surface area contributed by atoms with Crippen LogP contribution in [0, 0.1) is 0 Å². The SMILES string of the molecule is CCOC(=O)C(F)(F)[S@@](=O)c1nccn1C. The molecule has 90 valence electrons. The van der Waals surface area contributed by atoms with E-state index < -0.39 is 22.0 Å². The third kappa shape index (κ3) is 2.26. The summed E-state index contributed by atoms with van der Waals surface area (Å²) >= 11 is 0. The zero-order chi connectivity index (χ0) is 12.3. The Hall–Kier alpha value is -1.31. The van der Waals surface area contributed by atoms with Crippen LogP contribution in [0.15, 0.2) is 17.6 Å². The molecule has 0 aromatic carbocycles. The molecule has 1 aromatic rings. The van der Waals surface area contributed by atoms with Crippen LogP contribution in [0.2, 0.25) is 0 Å². The Bertz CT molecular complexity index is 419. The largest absolute Gasteiger partial charge is 0.461 e. The van der Waals surface area contributed by atoms with Crippen LogP contribution in [0.25, 0.3) is 0 Å². The molecule has 0 aliphatic heterocycles. The minimum atomic E-state index is -4.09. The maximum atomic E-state index is 13.3. The van der Waals surface area contributed by atoms with Gasteiger partial charge in [0.2, 0.25) is 5.16 Å². The molecule has 0 N–H and O–H groups in total. The van der Waals surface area contributed by atoms with Crippen molar-refractivity contribution in [1.29, 1.82) is 0 Å². The van der Waals surface area contributed by atoms with Gasteiger partial charge in [-0.2, -0.15) is 8.78 Å². The highest BCUT2D eigenvalue weighted by Crippen LogP contribution is 2.25. The smallest absolute Gasteiger partial charge is 0.422 e. The topological polar surface area (TPSA) is 61.2 Å². The number of ether oxygens (including phenoxy) is 1. The van der Waals surface area contributed by atoms with E-state index in [-0.39, 0.29) is 11.8 Å². The molecule has 0 unspecified atom stereocenters. The Morgan fingerprint density at radius 3 is 2.75 bits per heavy atom. The molecule has 0 saturated heterocycles. The van der Waals surface area contributed by atoms with Gasteiger partial charge in [-0.15, -0.1) is 0 Å². The first-order valence-electron chi connectivity index (χ1n) is 4.35. The Balaban J connectivity index is 2.97. The number of carbonyl (C=O) groups excluding carboxylic acids is 1. The van der Waals surface area contributed by atoms with Crippen LogP contribution in [-0.2, 0) is 27.4 Å². The van der Waals surface area contributed by atoms with Gasteiger partial charge >= 0.3 is 11.2 Å². The minimum absolute atomic E-state index is 0.202. The van der Waals surface area contributed by atoms with E-state index >= 15 is 0 Å². The predicted molar refractivity (Wildman–Crippen MR) is 51.2 cm³/mol. The van der Waals surface area contributed by atoms with E-state index in [9.17, 15) is 17.8 Å². The Labute approximate surface area is 92.9 Å². The van der Waals surface area contributed by atoms with Gasteiger partial charge in [0, 0.05) is 19.4 Å². The van der Waals surface area contributed by atoms with Gasteiger partial charge in [0.15, 0.2) is 10.8 Å². The summed E-state index contributed by atoms with van der Waals surface area (Å²) in [5.74, 6) is -1.81. The molecule has 1 atom stereocenters. The Morgan fingerprint density at radius 1 is 1.69 bits per heavy atom. The van der Waals surface area contributed by atoms with Crippen LogP contribution in [0.4, 0.5) is 8.78 Å². The molecule has 16 heavy (non-hydrogen) atoms. The van der Waals surface area contributed by atoms with Crippen LogP contribution < -0.4 is 0 Å². The number of hydrogen-bond acceptors (Lipinski definition) is 4. The lowest BCUT2D eigenvalue weighted by Gasteiger charge is -2.13. The highest BCUT2D eigenvalue weighted by Gasteiger charge is 2.49. The number of aromatic nitrogens is 2. The molecule has 0 fully saturated rings. The van der Waals surface area contributed by atoms with Gasteiger partial charge in [0.1, 0.15) is 0 Å². The van der Waals surface area contributed by atoms with Crippen molar-refractivity contribution in [3.8, 4) is 0 Å². The molecule has 1 heterocycles. The monoisotopic (exact) mass is 252 g/mol. The molecule has 0 amide bonds. The van der Waals surface area contributed by atoms with Gasteiger partial charge in [-0.05, 0) is 6.92 Å². The van der Waals surface area contributed by atoms with E-state index in [0.29, 0.717) is 0 Å². The van der Waals surface area contributed by atoms with Crippen molar-refractivity contribution < 1.29 is 22.5 Å². The fourth-order valence-electron chi connectivity index (χ4n) is 0.936. The summed E-state index contributed by atoms with van der Waals surface area (Å²) in [5.41, 5.74) is 0. The van der Waals surface area contributed by atoms with Gasteiger partial charge in [-0.3, -0.25) is 0 Å². The summed E-state index contributed by atoms with van der Waals surface area (Å²) < 4.78 is 43.4. The van der Waals surface area contributed by atoms with E-state index in [1.165, 1.54) is 26.4 Å². The number of aryl methyl sites for hydroxylation is 1. The van der Waals surface area contributed by atoms with E-state index in [2.05, 4.69) is 9.72 Å². The first-order valence-corrected chi connectivity index (χ1v) is 5.50. The number of nitrogens with zero attached hydrogens (tertiary/aromatic N) is 2. The summed E-state index contributed by atoms with van der Waals surface area (Å²) in [4.78, 5) is 14.4. The normalized spacial score (nSPS) is 13.5. The van der Waals surface area contributed by atoms with Crippen molar-refractivity contribution in [3.63, 3.8) is 0 Å². The fourth-order valence-corrected chi connectivity index (χ4v) is 1.85. The Kier molecular flexibility index (Phi) is 3.74. The lowest BCUT2D eigenvalue weighted by molar-refractivity contribution is -0.159. The molecule has 5 nitrogen and oxygen atoms in total. The van der Waals surface area contributed by atoms with Gasteiger partial charge < -0.3 is 9.30 Å². The van der Waals surface area contributed by atoms with E-state index in [4.69, 9.17) is 0 Å². The molecular weight excluding hydrogens is 242 g/mol. The van der Waals surface area contributed by atoms with Crippen LogP contribution in [-0.4, -0.2) is 31.6 Å². The van der Waals surface area contributed by atoms with Gasteiger partial charge in [-0.25, -0.2) is 14.0 Å². The maximum Gasteiger partial charge on any atom is 0.422 e. The van der Waals surface area contributed by atoms with Gasteiger partial charge in [0.25, 0.3) is 0 Å². The van der Waals surface area contributed by atoms with Gasteiger partial charge in [0.05, 0.1) is 6.61 Å². The van der Waals surface area contributed by atoms with Crippen LogP contribution >= 0.6 is 0 Å². The summed E-state index contributed by atoms with van der Waals surface area (Å²) in [5, 5.41) is -4.46. The number of alkyl halides is 2. The zero-order valence-corrected chi connectivity index (χ0v) is 9.46. The van der Waals surface area contributed by atoms with Gasteiger partial charge in [-0.1, -0.05) is 0 Å². The standard InChI is InChI=1S/C8H10F2N2O3S/c1-3-15-6(13)8(9,10)16(14)7-11-4-5-12(7)2/h4-5H,3H2,1-2H3/t16-/m0/s1. The number of imidazole rings is 1. The van der Waals surface area contributed by atoms with Crippen molar-refractivity contribution in [1.82, 2.24) is 9.55 Å². The lowest BCUT2D eigenvalue weighted by atomic mass is 10.7. The van der Waals surface area contributed by atoms with Crippen LogP contribution in [0.5, 0.6) is 0 Å². The van der Waals surface area contributed by atoms with Crippen LogP contribution in [0.3, 0.4) is 0 Å². The third-order valence-electron chi connectivity index (χ3n) is 1.69. The van der Waals surface area contributed by atoms with Crippen molar-refractivity contribution >= 4 is 16.8 Å². The third-order valence-corrected chi connectivity index (χ3v) is 3.05. The molecule has 0 bridgehead atoms. The second-order valence-corrected chi connectivity index (χ2v) is 4.24. The number of carbonyl (C=O) groups is 1. The molecule has 1 rings (SSSR count). The number of esters is 1. The molecule has 0 spiro atoms. The molecule has 1 aromatic heterocycles. The maximum absolute atomic E-state index is 13.3. The van der Waals surface area contributed by atoms with E-state index in [1.54, 1.807) is 0 Å². The van der Waals surface area contributed by atoms with E-state index in [1.807, 2.05) is 0 Å². The zero-order valence-electron chi connectivity index (χ0n) is 8.65. The molecular formula is C8H10F2N2O3S. The average molecular weight is 252 g/mol. The molecule has 8 heteroatoms. The average Bonchev–Trinajstić information content (AvgIpc) is 2.63. The highest BCUT2D eigenvalue weighted by atomic mass is 32.2. The quantitative estimate of drug-likeness (QED) is 0.739. The second-order valence-electron chi connectivity index (χ2n) is 2.83. The van der Waals surface area contributed by atoms with Crippen molar-refractivity contribution in [2.24, 2.45) is 7.05 Å². The van der Waals surface area contributed by atoms with E-state index in [0.717, 1.165) is 4.57 Å². The van der Waals surface area contributed by atoms with Crippen molar-refractivity contribution in [2.75, 3.05) is 6.61 Å². The fraction of sp³-hybridized carbons (Fsp3) is 0.500. The molecule has 0 radical (unpaired) electrons. The van der Waals surface area contributed by atoms with Crippen molar-refractivity contribution in [3.05, 3.63) is 12.4 Å². The highest BCUT2D eigenvalue weighted by molar-refractivity contribution is 7.86. The summed E-state index contributed by atoms with van der Waals surface area (Å²) in [6.07, 6.45) is 2.57. The number of hydrogen-bond donors (Lipinski definition) is 0. The number of rotatable bonds is 4. The Morgan fingerprint density at radius 2 is 2.31 bits per heavy atom. The van der Waals surface area contributed by atoms with Crippen LogP contribution in [0.1, 0.15) is 6.92 Å². The second kappa shape index (κ2) is 4.69. The summed E-state index contributed by atoms with van der Waals surface area (Å²) in [6.45, 7) is 1.18. The predicted octanol–water partition coefficient (Wildman–Crippen LogP) is 0.684. The molecule has 0 saturated carbocycles. The summed E-state index contributed by atoms with van der Waals surface area (Å²) in [6, 6.07) is 0. The molecule has 0 aliphatic rings. The number of halogens is 2. The minimum Gasteiger partial charge on any atom is -0.461 e. The molecule has 0 aliphatic carbocycles. The van der Waals surface area contributed by atoms with Crippen molar-refractivity contribution in [2.45, 2.75) is 17.3 Å².